The van der Waals surface area contributed by atoms with Gasteiger partial charge < -0.3 is 9.84 Å². The van der Waals surface area contributed by atoms with Gasteiger partial charge in [0.2, 0.25) is 0 Å². The van der Waals surface area contributed by atoms with Crippen molar-refractivity contribution in [3.63, 3.8) is 0 Å². The van der Waals surface area contributed by atoms with E-state index < -0.39 is 0 Å². The maximum absolute atomic E-state index is 11.8. The van der Waals surface area contributed by atoms with Crippen LogP contribution < -0.4 is 14.7 Å². The van der Waals surface area contributed by atoms with Gasteiger partial charge in [0, 0.05) is 10.5 Å². The zero-order chi connectivity index (χ0) is 16.9. The monoisotopic (exact) mass is 389 g/mol. The highest BCUT2D eigenvalue weighted by atomic mass is 79.9. The first-order valence-corrected chi connectivity index (χ1v) is 8.70. The molecule has 1 aliphatic heterocycles. The summed E-state index contributed by atoms with van der Waals surface area (Å²) in [5, 5.41) is 18.3. The van der Waals surface area contributed by atoms with Crippen LogP contribution in [-0.2, 0) is 0 Å². The Hall–Kier alpha value is -2.05. The van der Waals surface area contributed by atoms with E-state index in [9.17, 15) is 5.11 Å². The zero-order valence-corrected chi connectivity index (χ0v) is 15.1. The number of hydrazone groups is 1. The SMILES string of the molecule is COc1ccccc1[NH+]1CCN(/N=C/c2cc(Br)ccc2[O-])CC1. The number of para-hydroxylation sites is 2. The fourth-order valence-corrected chi connectivity index (χ4v) is 3.23. The molecule has 0 aliphatic carbocycles. The van der Waals surface area contributed by atoms with Crippen LogP contribution in [0.3, 0.4) is 0 Å². The first-order chi connectivity index (χ1) is 11.7. The minimum absolute atomic E-state index is 0.0137. The van der Waals surface area contributed by atoms with Crippen molar-refractivity contribution in [3.05, 3.63) is 52.5 Å². The Balaban J connectivity index is 1.63. The van der Waals surface area contributed by atoms with E-state index in [2.05, 4.69) is 27.1 Å². The summed E-state index contributed by atoms with van der Waals surface area (Å²) in [6, 6.07) is 13.2. The van der Waals surface area contributed by atoms with Gasteiger partial charge in [-0.15, -0.1) is 0 Å². The number of ether oxygens (including phenoxy) is 1. The number of quaternary nitrogens is 1. The van der Waals surface area contributed by atoms with Gasteiger partial charge in [-0.1, -0.05) is 39.9 Å². The molecular weight excluding hydrogens is 370 g/mol. The van der Waals surface area contributed by atoms with Crippen LogP contribution in [0.25, 0.3) is 0 Å². The highest BCUT2D eigenvalue weighted by molar-refractivity contribution is 9.10. The average molecular weight is 390 g/mol. The highest BCUT2D eigenvalue weighted by Gasteiger charge is 2.23. The van der Waals surface area contributed by atoms with E-state index in [1.165, 1.54) is 10.6 Å². The topological polar surface area (TPSA) is 52.3 Å². The number of hydrogen-bond acceptors (Lipinski definition) is 4. The first kappa shape index (κ1) is 16.8. The molecule has 1 fully saturated rings. The van der Waals surface area contributed by atoms with Gasteiger partial charge >= 0.3 is 0 Å². The fraction of sp³-hybridized carbons (Fsp3) is 0.278. The molecule has 0 radical (unpaired) electrons. The molecule has 5 nitrogen and oxygen atoms in total. The molecule has 0 spiro atoms. The van der Waals surface area contributed by atoms with Crippen LogP contribution in [0.1, 0.15) is 5.56 Å². The van der Waals surface area contributed by atoms with Gasteiger partial charge in [-0.3, -0.25) is 9.91 Å². The molecule has 1 saturated heterocycles. The number of nitrogens with one attached hydrogen (secondary N) is 1. The number of halogens is 1. The summed E-state index contributed by atoms with van der Waals surface area (Å²) < 4.78 is 6.34. The quantitative estimate of drug-likeness (QED) is 0.804. The minimum atomic E-state index is -0.0137. The largest absolute Gasteiger partial charge is 0.872 e. The van der Waals surface area contributed by atoms with Crippen LogP contribution in [0.2, 0.25) is 0 Å². The van der Waals surface area contributed by atoms with Gasteiger partial charge in [-0.25, -0.2) is 0 Å². The predicted octanol–water partition coefficient (Wildman–Crippen LogP) is 1.40. The molecule has 1 aliphatic rings. The van der Waals surface area contributed by atoms with E-state index in [0.717, 1.165) is 36.4 Å². The molecule has 1 heterocycles. The molecule has 3 rings (SSSR count). The maximum atomic E-state index is 11.8. The Kier molecular flexibility index (Phi) is 5.37. The molecule has 126 valence electrons. The lowest BCUT2D eigenvalue weighted by molar-refractivity contribution is -0.838. The molecule has 0 saturated carbocycles. The lowest BCUT2D eigenvalue weighted by atomic mass is 10.2. The van der Waals surface area contributed by atoms with Gasteiger partial charge in [0.05, 0.1) is 26.4 Å². The Morgan fingerprint density at radius 3 is 2.71 bits per heavy atom. The standard InChI is InChI=1S/C18H20BrN3O2/c1-24-18-5-3-2-4-16(18)21-8-10-22(11-9-21)20-13-14-12-15(19)6-7-17(14)23/h2-7,12-13,23H,8-11H2,1H3/b20-13+. The Bertz CT molecular complexity index is 728. The summed E-state index contributed by atoms with van der Waals surface area (Å²) in [4.78, 5) is 1.39. The third-order valence-electron chi connectivity index (χ3n) is 4.16. The second kappa shape index (κ2) is 7.68. The number of piperazine rings is 1. The minimum Gasteiger partial charge on any atom is -0.872 e. The Morgan fingerprint density at radius 1 is 1.21 bits per heavy atom. The van der Waals surface area contributed by atoms with E-state index in [4.69, 9.17) is 4.74 Å². The van der Waals surface area contributed by atoms with E-state index in [1.54, 1.807) is 31.5 Å². The normalized spacial score (nSPS) is 15.8. The van der Waals surface area contributed by atoms with E-state index in [1.807, 2.05) is 23.2 Å². The number of nitrogens with zero attached hydrogens (tertiary/aromatic N) is 2. The highest BCUT2D eigenvalue weighted by Crippen LogP contribution is 2.20. The zero-order valence-electron chi connectivity index (χ0n) is 13.5. The van der Waals surface area contributed by atoms with Crippen molar-refractivity contribution in [1.82, 2.24) is 5.01 Å². The molecular formula is C18H20BrN3O2. The van der Waals surface area contributed by atoms with E-state index in [0.29, 0.717) is 5.56 Å². The van der Waals surface area contributed by atoms with Crippen molar-refractivity contribution in [2.45, 2.75) is 0 Å². The van der Waals surface area contributed by atoms with Gasteiger partial charge in [0.15, 0.2) is 11.4 Å². The van der Waals surface area contributed by atoms with Crippen molar-refractivity contribution in [2.24, 2.45) is 5.10 Å². The maximum Gasteiger partial charge on any atom is 0.179 e. The predicted molar refractivity (Wildman–Crippen MR) is 96.1 cm³/mol. The first-order valence-electron chi connectivity index (χ1n) is 7.91. The van der Waals surface area contributed by atoms with Crippen molar-refractivity contribution in [2.75, 3.05) is 33.3 Å². The Labute approximate surface area is 150 Å². The van der Waals surface area contributed by atoms with Crippen LogP contribution in [0.15, 0.2) is 52.0 Å². The molecule has 2 aromatic rings. The molecule has 24 heavy (non-hydrogen) atoms. The van der Waals surface area contributed by atoms with Gasteiger partial charge in [0.1, 0.15) is 13.1 Å². The summed E-state index contributed by atoms with van der Waals surface area (Å²) in [7, 11) is 1.71. The van der Waals surface area contributed by atoms with Gasteiger partial charge in [0.25, 0.3) is 0 Å². The van der Waals surface area contributed by atoms with Crippen LogP contribution in [0.4, 0.5) is 5.69 Å². The van der Waals surface area contributed by atoms with Crippen molar-refractivity contribution < 1.29 is 14.7 Å². The van der Waals surface area contributed by atoms with Gasteiger partial charge in [-0.2, -0.15) is 5.10 Å². The van der Waals surface area contributed by atoms with E-state index >= 15 is 0 Å². The third-order valence-corrected chi connectivity index (χ3v) is 4.66. The van der Waals surface area contributed by atoms with Crippen molar-refractivity contribution in [3.8, 4) is 11.5 Å². The molecule has 0 atom stereocenters. The van der Waals surface area contributed by atoms with Crippen LogP contribution >= 0.6 is 15.9 Å². The lowest BCUT2D eigenvalue weighted by Gasteiger charge is -2.30. The molecule has 0 aromatic heterocycles. The molecule has 0 unspecified atom stereocenters. The number of methoxy groups -OCH3 is 1. The lowest BCUT2D eigenvalue weighted by Crippen LogP contribution is -3.10. The van der Waals surface area contributed by atoms with Gasteiger partial charge in [-0.05, 0) is 23.8 Å². The second-order valence-electron chi connectivity index (χ2n) is 5.68. The summed E-state index contributed by atoms with van der Waals surface area (Å²) in [6.07, 6.45) is 1.65. The molecule has 0 bridgehead atoms. The van der Waals surface area contributed by atoms with Crippen LogP contribution in [0.5, 0.6) is 11.5 Å². The summed E-state index contributed by atoms with van der Waals surface area (Å²) in [6.45, 7) is 3.57. The molecule has 2 aromatic carbocycles. The van der Waals surface area contributed by atoms with Crippen molar-refractivity contribution in [1.29, 1.82) is 0 Å². The second-order valence-corrected chi connectivity index (χ2v) is 6.60. The van der Waals surface area contributed by atoms with Crippen LogP contribution in [0, 0.1) is 0 Å². The fourth-order valence-electron chi connectivity index (χ4n) is 2.85. The van der Waals surface area contributed by atoms with Crippen LogP contribution in [-0.4, -0.2) is 44.5 Å². The summed E-state index contributed by atoms with van der Waals surface area (Å²) >= 11 is 3.38. The number of rotatable bonds is 4. The average Bonchev–Trinajstić information content (AvgIpc) is 2.63. The van der Waals surface area contributed by atoms with E-state index in [-0.39, 0.29) is 5.75 Å². The third kappa shape index (κ3) is 3.88. The Morgan fingerprint density at radius 2 is 1.96 bits per heavy atom. The summed E-state index contributed by atoms with van der Waals surface area (Å²) in [5.74, 6) is 0.912. The molecule has 6 heteroatoms. The molecule has 0 amide bonds. The smallest absolute Gasteiger partial charge is 0.179 e. The summed E-state index contributed by atoms with van der Waals surface area (Å²) in [5.41, 5.74) is 1.79. The number of benzene rings is 2. The molecule has 1 N–H and O–H groups in total. The van der Waals surface area contributed by atoms with Crippen molar-refractivity contribution >= 4 is 27.8 Å². The number of hydrogen-bond donors (Lipinski definition) is 1.